The van der Waals surface area contributed by atoms with Crippen LogP contribution in [-0.4, -0.2) is 50.3 Å². The lowest BCUT2D eigenvalue weighted by Crippen LogP contribution is -2.50. The third-order valence-corrected chi connectivity index (χ3v) is 4.82. The van der Waals surface area contributed by atoms with E-state index in [1.54, 1.807) is 0 Å². The van der Waals surface area contributed by atoms with Crippen molar-refractivity contribution in [2.24, 2.45) is 0 Å². The highest BCUT2D eigenvalue weighted by atomic mass is 32.2. The molecule has 0 aromatic heterocycles. The minimum Gasteiger partial charge on any atom is -0.312 e. The fourth-order valence-corrected chi connectivity index (χ4v) is 3.91. The second-order valence-electron chi connectivity index (χ2n) is 3.93. The molecule has 1 N–H and O–H groups in total. The van der Waals surface area contributed by atoms with Crippen LogP contribution in [0.4, 0.5) is 4.39 Å². The van der Waals surface area contributed by atoms with E-state index < -0.39 is 16.2 Å². The summed E-state index contributed by atoms with van der Waals surface area (Å²) < 4.78 is 37.6. The average Bonchev–Trinajstić information content (AvgIpc) is 2.45. The maximum Gasteiger partial charge on any atom is 0.214 e. The van der Waals surface area contributed by atoms with E-state index in [4.69, 9.17) is 0 Å². The highest BCUT2D eigenvalue weighted by molar-refractivity contribution is 7.89. The first-order valence-electron chi connectivity index (χ1n) is 4.94. The van der Waals surface area contributed by atoms with E-state index in [9.17, 15) is 12.8 Å². The van der Waals surface area contributed by atoms with E-state index in [0.29, 0.717) is 32.5 Å². The molecule has 4 nitrogen and oxygen atoms in total. The molecule has 2 saturated heterocycles. The first-order valence-corrected chi connectivity index (χ1v) is 6.55. The van der Waals surface area contributed by atoms with Crippen LogP contribution in [-0.2, 0) is 10.0 Å². The molecular weight excluding hydrogens is 207 g/mol. The number of piperidine rings is 1. The molecule has 2 rings (SSSR count). The second kappa shape index (κ2) is 3.75. The summed E-state index contributed by atoms with van der Waals surface area (Å²) in [5.74, 6) is 0.223. The van der Waals surface area contributed by atoms with Crippen molar-refractivity contribution in [3.05, 3.63) is 0 Å². The zero-order valence-electron chi connectivity index (χ0n) is 7.95. The summed E-state index contributed by atoms with van der Waals surface area (Å²) in [4.78, 5) is 0. The van der Waals surface area contributed by atoms with Gasteiger partial charge in [-0.2, -0.15) is 4.31 Å². The van der Waals surface area contributed by atoms with Crippen molar-refractivity contribution in [1.29, 1.82) is 0 Å². The molecule has 0 radical (unpaired) electrons. The van der Waals surface area contributed by atoms with Crippen molar-refractivity contribution in [3.63, 3.8) is 0 Å². The first kappa shape index (κ1) is 10.3. The van der Waals surface area contributed by atoms with Crippen molar-refractivity contribution in [1.82, 2.24) is 9.62 Å². The molecule has 2 aliphatic heterocycles. The second-order valence-corrected chi connectivity index (χ2v) is 5.97. The van der Waals surface area contributed by atoms with Gasteiger partial charge in [-0.25, -0.2) is 12.8 Å². The Hall–Kier alpha value is -0.200. The number of rotatable bonds is 1. The van der Waals surface area contributed by atoms with Gasteiger partial charge in [0.15, 0.2) is 0 Å². The lowest BCUT2D eigenvalue weighted by Gasteiger charge is -2.31. The summed E-state index contributed by atoms with van der Waals surface area (Å²) in [5.41, 5.74) is 0. The molecule has 2 heterocycles. The number of sulfonamides is 1. The van der Waals surface area contributed by atoms with E-state index in [1.807, 2.05) is 0 Å². The molecule has 0 saturated carbocycles. The van der Waals surface area contributed by atoms with Crippen molar-refractivity contribution in [3.8, 4) is 0 Å². The first-order chi connectivity index (χ1) is 6.59. The molecule has 0 spiro atoms. The monoisotopic (exact) mass is 222 g/mol. The SMILES string of the molecule is O=S1(=O)CCCN1[C@@H]1CNC[C@@H](F)C1. The molecule has 0 aliphatic carbocycles. The number of nitrogens with one attached hydrogen (secondary N) is 1. The van der Waals surface area contributed by atoms with Crippen molar-refractivity contribution in [2.45, 2.75) is 25.1 Å². The average molecular weight is 222 g/mol. The van der Waals surface area contributed by atoms with Crippen LogP contribution in [0.5, 0.6) is 0 Å². The van der Waals surface area contributed by atoms with Crippen LogP contribution in [0, 0.1) is 0 Å². The molecule has 0 aromatic rings. The third-order valence-electron chi connectivity index (χ3n) is 2.82. The molecular formula is C8H15FN2O2S. The van der Waals surface area contributed by atoms with E-state index >= 15 is 0 Å². The van der Waals surface area contributed by atoms with Gasteiger partial charge in [0, 0.05) is 25.7 Å². The predicted octanol–water partition coefficient (Wildman–Crippen LogP) is -0.278. The number of hydrogen-bond donors (Lipinski definition) is 1. The van der Waals surface area contributed by atoms with Gasteiger partial charge in [0.2, 0.25) is 10.0 Å². The summed E-state index contributed by atoms with van der Waals surface area (Å²) in [5, 5.41) is 2.92. The highest BCUT2D eigenvalue weighted by Gasteiger charge is 2.36. The summed E-state index contributed by atoms with van der Waals surface area (Å²) in [7, 11) is -3.08. The van der Waals surface area contributed by atoms with Gasteiger partial charge in [0.25, 0.3) is 0 Å². The maximum atomic E-state index is 13.1. The summed E-state index contributed by atoms with van der Waals surface area (Å²) in [6.45, 7) is 1.49. The zero-order chi connectivity index (χ0) is 10.2. The fourth-order valence-electron chi connectivity index (χ4n) is 2.16. The Kier molecular flexibility index (Phi) is 2.77. The summed E-state index contributed by atoms with van der Waals surface area (Å²) in [6.07, 6.45) is 0.103. The van der Waals surface area contributed by atoms with Gasteiger partial charge in [-0.05, 0) is 12.8 Å². The van der Waals surface area contributed by atoms with Gasteiger partial charge in [-0.3, -0.25) is 0 Å². The molecule has 0 bridgehead atoms. The Labute approximate surface area is 83.5 Å². The molecule has 0 amide bonds. The van der Waals surface area contributed by atoms with Crippen LogP contribution < -0.4 is 5.32 Å². The van der Waals surface area contributed by atoms with Crippen LogP contribution in [0.25, 0.3) is 0 Å². The van der Waals surface area contributed by atoms with E-state index in [2.05, 4.69) is 5.32 Å². The minimum atomic E-state index is -3.08. The van der Waals surface area contributed by atoms with E-state index in [0.717, 1.165) is 0 Å². The molecule has 82 valence electrons. The Morgan fingerprint density at radius 2 is 2.14 bits per heavy atom. The van der Waals surface area contributed by atoms with Crippen LogP contribution in [0.3, 0.4) is 0 Å². The lowest BCUT2D eigenvalue weighted by molar-refractivity contribution is 0.187. The summed E-state index contributed by atoms with van der Waals surface area (Å²) in [6, 6.07) is -0.175. The highest BCUT2D eigenvalue weighted by Crippen LogP contribution is 2.22. The Morgan fingerprint density at radius 3 is 2.71 bits per heavy atom. The standard InChI is InChI=1S/C8H15FN2O2S/c9-7-4-8(6-10-5-7)11-2-1-3-14(11,12)13/h7-8,10H,1-6H2/t7-,8-/m0/s1. The van der Waals surface area contributed by atoms with Gasteiger partial charge in [-0.15, -0.1) is 0 Å². The van der Waals surface area contributed by atoms with Gasteiger partial charge in [0.1, 0.15) is 6.17 Å². The van der Waals surface area contributed by atoms with Gasteiger partial charge in [-0.1, -0.05) is 0 Å². The number of halogens is 1. The minimum absolute atomic E-state index is 0.175. The maximum absolute atomic E-state index is 13.1. The zero-order valence-corrected chi connectivity index (χ0v) is 8.76. The number of hydrogen-bond acceptors (Lipinski definition) is 3. The molecule has 2 aliphatic rings. The van der Waals surface area contributed by atoms with Crippen LogP contribution in [0.2, 0.25) is 0 Å². The Morgan fingerprint density at radius 1 is 1.36 bits per heavy atom. The quantitative estimate of drug-likeness (QED) is 0.664. The van der Waals surface area contributed by atoms with Crippen LogP contribution in [0.15, 0.2) is 0 Å². The van der Waals surface area contributed by atoms with Crippen molar-refractivity contribution < 1.29 is 12.8 Å². The lowest BCUT2D eigenvalue weighted by atomic mass is 10.1. The largest absolute Gasteiger partial charge is 0.312 e. The van der Waals surface area contributed by atoms with Crippen LogP contribution >= 0.6 is 0 Å². The predicted molar refractivity (Wildman–Crippen MR) is 51.3 cm³/mol. The van der Waals surface area contributed by atoms with Crippen molar-refractivity contribution >= 4 is 10.0 Å². The normalized spacial score (nSPS) is 38.6. The Balaban J connectivity index is 2.07. The fraction of sp³-hybridized carbons (Fsp3) is 1.00. The van der Waals surface area contributed by atoms with E-state index in [1.165, 1.54) is 4.31 Å². The van der Waals surface area contributed by atoms with Gasteiger partial charge >= 0.3 is 0 Å². The van der Waals surface area contributed by atoms with Gasteiger partial charge in [0.05, 0.1) is 5.75 Å². The smallest absolute Gasteiger partial charge is 0.214 e. The van der Waals surface area contributed by atoms with Gasteiger partial charge < -0.3 is 5.32 Å². The molecule has 6 heteroatoms. The number of alkyl halides is 1. The third kappa shape index (κ3) is 1.92. The van der Waals surface area contributed by atoms with E-state index in [-0.39, 0.29) is 11.8 Å². The molecule has 14 heavy (non-hydrogen) atoms. The molecule has 2 atom stereocenters. The summed E-state index contributed by atoms with van der Waals surface area (Å²) >= 11 is 0. The number of nitrogens with zero attached hydrogens (tertiary/aromatic N) is 1. The molecule has 0 aromatic carbocycles. The van der Waals surface area contributed by atoms with Crippen LogP contribution in [0.1, 0.15) is 12.8 Å². The molecule has 2 fully saturated rings. The Bertz CT molecular complexity index is 306. The molecule has 0 unspecified atom stereocenters. The topological polar surface area (TPSA) is 49.4 Å². The van der Waals surface area contributed by atoms with Crippen molar-refractivity contribution in [2.75, 3.05) is 25.4 Å².